The van der Waals surface area contributed by atoms with Gasteiger partial charge in [0.1, 0.15) is 5.01 Å². The minimum atomic E-state index is 0.0717. The number of carbonyl (C=O) groups excluding carboxylic acids is 1. The predicted molar refractivity (Wildman–Crippen MR) is 79.7 cm³/mol. The molecule has 0 spiro atoms. The zero-order chi connectivity index (χ0) is 13.8. The Hall–Kier alpha value is -1.72. The molecule has 5 heteroatoms. The molecule has 0 bridgehead atoms. The SMILES string of the molecule is O=C(Nc1ccc(-c2nccs2)cc1)C1CCOCC1. The summed E-state index contributed by atoms with van der Waals surface area (Å²) in [7, 11) is 0. The normalized spacial score (nSPS) is 16.0. The molecule has 1 aromatic carbocycles. The summed E-state index contributed by atoms with van der Waals surface area (Å²) in [5.74, 6) is 0.165. The van der Waals surface area contributed by atoms with Crippen molar-refractivity contribution in [3.63, 3.8) is 0 Å². The minimum Gasteiger partial charge on any atom is -0.381 e. The van der Waals surface area contributed by atoms with E-state index in [4.69, 9.17) is 4.74 Å². The molecule has 0 saturated carbocycles. The van der Waals surface area contributed by atoms with Crippen molar-refractivity contribution in [1.29, 1.82) is 0 Å². The van der Waals surface area contributed by atoms with Crippen LogP contribution >= 0.6 is 11.3 Å². The first-order chi connectivity index (χ1) is 9.83. The fraction of sp³-hybridized carbons (Fsp3) is 0.333. The number of aromatic nitrogens is 1. The number of benzene rings is 1. The Kier molecular flexibility index (Phi) is 4.08. The van der Waals surface area contributed by atoms with Gasteiger partial charge in [-0.3, -0.25) is 4.79 Å². The Balaban J connectivity index is 1.64. The van der Waals surface area contributed by atoms with Gasteiger partial charge in [0.05, 0.1) is 0 Å². The van der Waals surface area contributed by atoms with Crippen molar-refractivity contribution in [2.75, 3.05) is 18.5 Å². The number of anilines is 1. The smallest absolute Gasteiger partial charge is 0.227 e. The van der Waals surface area contributed by atoms with E-state index in [1.54, 1.807) is 17.5 Å². The maximum atomic E-state index is 12.1. The molecule has 1 N–H and O–H groups in total. The first-order valence-corrected chi connectivity index (χ1v) is 7.59. The van der Waals surface area contributed by atoms with Crippen LogP contribution in [0.3, 0.4) is 0 Å². The Bertz CT molecular complexity index is 560. The molecule has 1 aliphatic rings. The number of ether oxygens (including phenoxy) is 1. The van der Waals surface area contributed by atoms with Gasteiger partial charge in [-0.1, -0.05) is 0 Å². The molecule has 3 rings (SSSR count). The number of rotatable bonds is 3. The molecule has 1 fully saturated rings. The molecule has 0 unspecified atom stereocenters. The van der Waals surface area contributed by atoms with Gasteiger partial charge in [-0.05, 0) is 37.1 Å². The summed E-state index contributed by atoms with van der Waals surface area (Å²) in [4.78, 5) is 16.4. The summed E-state index contributed by atoms with van der Waals surface area (Å²) in [6, 6.07) is 7.82. The molecule has 0 radical (unpaired) electrons. The van der Waals surface area contributed by atoms with Crippen LogP contribution in [0.1, 0.15) is 12.8 Å². The summed E-state index contributed by atoms with van der Waals surface area (Å²) >= 11 is 1.61. The van der Waals surface area contributed by atoms with Crippen LogP contribution in [-0.2, 0) is 9.53 Å². The monoisotopic (exact) mass is 288 g/mol. The van der Waals surface area contributed by atoms with Gasteiger partial charge in [-0.15, -0.1) is 11.3 Å². The average Bonchev–Trinajstić information content (AvgIpc) is 3.03. The van der Waals surface area contributed by atoms with Gasteiger partial charge in [0.15, 0.2) is 0 Å². The van der Waals surface area contributed by atoms with Crippen molar-refractivity contribution in [3.8, 4) is 10.6 Å². The second-order valence-corrected chi connectivity index (χ2v) is 5.69. The van der Waals surface area contributed by atoms with Gasteiger partial charge >= 0.3 is 0 Å². The molecule has 0 aliphatic carbocycles. The van der Waals surface area contributed by atoms with Crippen LogP contribution in [0.4, 0.5) is 5.69 Å². The molecule has 1 amide bonds. The van der Waals surface area contributed by atoms with Crippen LogP contribution in [0.5, 0.6) is 0 Å². The summed E-state index contributed by atoms with van der Waals surface area (Å²) in [6.45, 7) is 1.36. The van der Waals surface area contributed by atoms with E-state index in [1.807, 2.05) is 29.6 Å². The van der Waals surface area contributed by atoms with Crippen molar-refractivity contribution in [2.24, 2.45) is 5.92 Å². The molecule has 2 heterocycles. The summed E-state index contributed by atoms with van der Waals surface area (Å²) in [6.07, 6.45) is 3.41. The zero-order valence-electron chi connectivity index (χ0n) is 11.0. The Morgan fingerprint density at radius 2 is 2.00 bits per heavy atom. The largest absolute Gasteiger partial charge is 0.381 e. The van der Waals surface area contributed by atoms with E-state index >= 15 is 0 Å². The Morgan fingerprint density at radius 3 is 2.65 bits per heavy atom. The topological polar surface area (TPSA) is 51.2 Å². The number of nitrogens with one attached hydrogen (secondary N) is 1. The molecular weight excluding hydrogens is 272 g/mol. The van der Waals surface area contributed by atoms with Crippen molar-refractivity contribution < 1.29 is 9.53 Å². The fourth-order valence-corrected chi connectivity index (χ4v) is 2.91. The highest BCUT2D eigenvalue weighted by Crippen LogP contribution is 2.24. The van der Waals surface area contributed by atoms with Crippen LogP contribution in [0.2, 0.25) is 0 Å². The van der Waals surface area contributed by atoms with Crippen molar-refractivity contribution in [3.05, 3.63) is 35.8 Å². The second-order valence-electron chi connectivity index (χ2n) is 4.79. The summed E-state index contributed by atoms with van der Waals surface area (Å²) in [5.41, 5.74) is 1.91. The third-order valence-electron chi connectivity index (χ3n) is 3.42. The number of hydrogen-bond acceptors (Lipinski definition) is 4. The highest BCUT2D eigenvalue weighted by molar-refractivity contribution is 7.13. The first kappa shape index (κ1) is 13.3. The lowest BCUT2D eigenvalue weighted by atomic mass is 9.99. The van der Waals surface area contributed by atoms with Crippen LogP contribution in [-0.4, -0.2) is 24.1 Å². The van der Waals surface area contributed by atoms with Crippen LogP contribution in [0.25, 0.3) is 10.6 Å². The van der Waals surface area contributed by atoms with E-state index < -0.39 is 0 Å². The van der Waals surface area contributed by atoms with Gasteiger partial charge in [0.25, 0.3) is 0 Å². The van der Waals surface area contributed by atoms with E-state index in [-0.39, 0.29) is 11.8 Å². The van der Waals surface area contributed by atoms with Crippen LogP contribution < -0.4 is 5.32 Å². The average molecular weight is 288 g/mol. The highest BCUT2D eigenvalue weighted by atomic mass is 32.1. The molecule has 1 saturated heterocycles. The summed E-state index contributed by atoms with van der Waals surface area (Å²) < 4.78 is 5.27. The second kappa shape index (κ2) is 6.15. The first-order valence-electron chi connectivity index (χ1n) is 6.71. The van der Waals surface area contributed by atoms with E-state index in [9.17, 15) is 4.79 Å². The zero-order valence-corrected chi connectivity index (χ0v) is 11.9. The predicted octanol–water partition coefficient (Wildman–Crippen LogP) is 3.18. The maximum absolute atomic E-state index is 12.1. The summed E-state index contributed by atoms with van der Waals surface area (Å²) in [5, 5.41) is 5.92. The van der Waals surface area contributed by atoms with E-state index in [2.05, 4.69) is 10.3 Å². The lowest BCUT2D eigenvalue weighted by molar-refractivity contribution is -0.122. The quantitative estimate of drug-likeness (QED) is 0.943. The van der Waals surface area contributed by atoms with E-state index in [0.29, 0.717) is 13.2 Å². The van der Waals surface area contributed by atoms with Crippen LogP contribution in [0, 0.1) is 5.92 Å². The Labute approximate surface area is 121 Å². The Morgan fingerprint density at radius 1 is 1.25 bits per heavy atom. The number of thiazole rings is 1. The van der Waals surface area contributed by atoms with Gasteiger partial charge in [0, 0.05) is 42.0 Å². The molecule has 104 valence electrons. The van der Waals surface area contributed by atoms with Crippen molar-refractivity contribution in [2.45, 2.75) is 12.8 Å². The molecule has 0 atom stereocenters. The van der Waals surface area contributed by atoms with Gasteiger partial charge in [-0.25, -0.2) is 4.98 Å². The van der Waals surface area contributed by atoms with Crippen molar-refractivity contribution in [1.82, 2.24) is 4.98 Å². The molecule has 1 aliphatic heterocycles. The number of nitrogens with zero attached hydrogens (tertiary/aromatic N) is 1. The molecule has 1 aromatic heterocycles. The van der Waals surface area contributed by atoms with Gasteiger partial charge in [-0.2, -0.15) is 0 Å². The molecule has 2 aromatic rings. The standard InChI is InChI=1S/C15H16N2O2S/c18-14(11-5-8-19-9-6-11)17-13-3-1-12(2-4-13)15-16-7-10-20-15/h1-4,7,10-11H,5-6,8-9H2,(H,17,18). The number of hydrogen-bond donors (Lipinski definition) is 1. The maximum Gasteiger partial charge on any atom is 0.227 e. The minimum absolute atomic E-state index is 0.0717. The molecule has 4 nitrogen and oxygen atoms in total. The fourth-order valence-electron chi connectivity index (χ4n) is 2.27. The van der Waals surface area contributed by atoms with E-state index in [1.165, 1.54) is 0 Å². The lowest BCUT2D eigenvalue weighted by Crippen LogP contribution is -2.28. The third-order valence-corrected chi connectivity index (χ3v) is 4.25. The number of carbonyl (C=O) groups is 1. The van der Waals surface area contributed by atoms with Crippen LogP contribution in [0.15, 0.2) is 35.8 Å². The van der Waals surface area contributed by atoms with Crippen molar-refractivity contribution >= 4 is 22.9 Å². The van der Waals surface area contributed by atoms with Gasteiger partial charge in [0.2, 0.25) is 5.91 Å². The molecular formula is C15H16N2O2S. The third kappa shape index (κ3) is 3.05. The highest BCUT2D eigenvalue weighted by Gasteiger charge is 2.21. The number of amides is 1. The van der Waals surface area contributed by atoms with Gasteiger partial charge < -0.3 is 10.1 Å². The molecule has 20 heavy (non-hydrogen) atoms. The lowest BCUT2D eigenvalue weighted by Gasteiger charge is -2.21. The van der Waals surface area contributed by atoms with E-state index in [0.717, 1.165) is 29.1 Å².